The molecule has 0 saturated carbocycles. The van der Waals surface area contributed by atoms with Gasteiger partial charge in [0, 0.05) is 6.42 Å². The van der Waals surface area contributed by atoms with Gasteiger partial charge in [-0.25, -0.2) is 9.67 Å². The first-order valence-corrected chi connectivity index (χ1v) is 6.12. The molecule has 2 aromatic rings. The van der Waals surface area contributed by atoms with Gasteiger partial charge in [0.1, 0.15) is 18.2 Å². The number of para-hydroxylation sites is 1. The van der Waals surface area contributed by atoms with E-state index in [1.807, 2.05) is 25.1 Å². The molecule has 1 aliphatic heterocycles. The Labute approximate surface area is 106 Å². The zero-order valence-electron chi connectivity index (χ0n) is 10.3. The SMILES string of the molecule is CC(N)c1ncn(CC2Cc3ccccc3O2)n1. The summed E-state index contributed by atoms with van der Waals surface area (Å²) in [4.78, 5) is 4.18. The van der Waals surface area contributed by atoms with Crippen molar-refractivity contribution in [3.05, 3.63) is 42.0 Å². The highest BCUT2D eigenvalue weighted by Crippen LogP contribution is 2.28. The van der Waals surface area contributed by atoms with Gasteiger partial charge >= 0.3 is 0 Å². The number of nitrogens with zero attached hydrogens (tertiary/aromatic N) is 3. The van der Waals surface area contributed by atoms with Gasteiger partial charge in [0.05, 0.1) is 12.6 Å². The van der Waals surface area contributed by atoms with Crippen LogP contribution >= 0.6 is 0 Å². The van der Waals surface area contributed by atoms with E-state index >= 15 is 0 Å². The van der Waals surface area contributed by atoms with Crippen molar-refractivity contribution in [2.45, 2.75) is 32.0 Å². The molecule has 0 bridgehead atoms. The summed E-state index contributed by atoms with van der Waals surface area (Å²) >= 11 is 0. The van der Waals surface area contributed by atoms with E-state index in [0.29, 0.717) is 12.4 Å². The first-order chi connectivity index (χ1) is 8.72. The average Bonchev–Trinajstić information content (AvgIpc) is 2.94. The fourth-order valence-electron chi connectivity index (χ4n) is 2.17. The molecule has 2 atom stereocenters. The first kappa shape index (κ1) is 11.2. The fraction of sp³-hybridized carbons (Fsp3) is 0.385. The van der Waals surface area contributed by atoms with Crippen molar-refractivity contribution in [1.29, 1.82) is 0 Å². The van der Waals surface area contributed by atoms with Crippen molar-refractivity contribution in [3.63, 3.8) is 0 Å². The van der Waals surface area contributed by atoms with Gasteiger partial charge < -0.3 is 10.5 Å². The summed E-state index contributed by atoms with van der Waals surface area (Å²) < 4.78 is 7.66. The van der Waals surface area contributed by atoms with Gasteiger partial charge in [-0.1, -0.05) is 18.2 Å². The molecule has 94 valence electrons. The Kier molecular flexibility index (Phi) is 2.76. The molecule has 0 amide bonds. The summed E-state index contributed by atoms with van der Waals surface area (Å²) in [5.41, 5.74) is 6.99. The number of fused-ring (bicyclic) bond motifs is 1. The Morgan fingerprint density at radius 2 is 2.33 bits per heavy atom. The minimum Gasteiger partial charge on any atom is -0.488 e. The van der Waals surface area contributed by atoms with Crippen molar-refractivity contribution in [3.8, 4) is 5.75 Å². The third-order valence-corrected chi connectivity index (χ3v) is 3.07. The van der Waals surface area contributed by atoms with E-state index in [1.165, 1.54) is 5.56 Å². The van der Waals surface area contributed by atoms with Crippen molar-refractivity contribution in [1.82, 2.24) is 14.8 Å². The predicted molar refractivity (Wildman–Crippen MR) is 67.2 cm³/mol. The molecular formula is C13H16N4O. The number of aromatic nitrogens is 3. The standard InChI is InChI=1S/C13H16N4O/c1-9(14)13-15-8-17(16-13)7-11-6-10-4-2-3-5-12(10)18-11/h2-5,8-9,11H,6-7,14H2,1H3. The molecule has 3 rings (SSSR count). The van der Waals surface area contributed by atoms with Crippen LogP contribution in [0.1, 0.15) is 24.4 Å². The highest BCUT2D eigenvalue weighted by Gasteiger charge is 2.23. The molecular weight excluding hydrogens is 228 g/mol. The van der Waals surface area contributed by atoms with Crippen LogP contribution < -0.4 is 10.5 Å². The largest absolute Gasteiger partial charge is 0.488 e. The molecule has 0 aliphatic carbocycles. The molecule has 2 N–H and O–H groups in total. The van der Waals surface area contributed by atoms with Gasteiger partial charge in [-0.05, 0) is 18.6 Å². The molecule has 2 heterocycles. The minimum absolute atomic E-state index is 0.130. The van der Waals surface area contributed by atoms with E-state index in [0.717, 1.165) is 12.2 Å². The maximum Gasteiger partial charge on any atom is 0.166 e. The van der Waals surface area contributed by atoms with Gasteiger partial charge in [-0.2, -0.15) is 5.10 Å². The normalized spacial score (nSPS) is 19.3. The van der Waals surface area contributed by atoms with Crippen LogP contribution in [0.4, 0.5) is 0 Å². The highest BCUT2D eigenvalue weighted by atomic mass is 16.5. The number of benzene rings is 1. The Hall–Kier alpha value is -1.88. The number of nitrogens with two attached hydrogens (primary N) is 1. The van der Waals surface area contributed by atoms with Crippen LogP contribution in [0.3, 0.4) is 0 Å². The summed E-state index contributed by atoms with van der Waals surface area (Å²) in [7, 11) is 0. The molecule has 5 nitrogen and oxygen atoms in total. The molecule has 5 heteroatoms. The van der Waals surface area contributed by atoms with Crippen LogP contribution in [-0.4, -0.2) is 20.9 Å². The number of ether oxygens (including phenoxy) is 1. The molecule has 0 saturated heterocycles. The van der Waals surface area contributed by atoms with E-state index < -0.39 is 0 Å². The second kappa shape index (κ2) is 4.42. The number of rotatable bonds is 3. The zero-order chi connectivity index (χ0) is 12.5. The van der Waals surface area contributed by atoms with Gasteiger partial charge in [-0.15, -0.1) is 0 Å². The van der Waals surface area contributed by atoms with E-state index in [4.69, 9.17) is 10.5 Å². The van der Waals surface area contributed by atoms with Crippen LogP contribution in [0.5, 0.6) is 5.75 Å². The first-order valence-electron chi connectivity index (χ1n) is 6.12. The summed E-state index contributed by atoms with van der Waals surface area (Å²) in [5, 5.41) is 4.34. The molecule has 0 radical (unpaired) electrons. The Morgan fingerprint density at radius 1 is 1.50 bits per heavy atom. The maximum atomic E-state index is 5.86. The second-order valence-electron chi connectivity index (χ2n) is 4.67. The Morgan fingerprint density at radius 3 is 3.06 bits per heavy atom. The molecule has 0 spiro atoms. The van der Waals surface area contributed by atoms with E-state index in [1.54, 1.807) is 11.0 Å². The Bertz CT molecular complexity index is 524. The van der Waals surface area contributed by atoms with E-state index in [9.17, 15) is 0 Å². The van der Waals surface area contributed by atoms with Crippen molar-refractivity contribution >= 4 is 0 Å². The van der Waals surface area contributed by atoms with E-state index in [2.05, 4.69) is 16.1 Å². The lowest BCUT2D eigenvalue weighted by atomic mass is 10.1. The van der Waals surface area contributed by atoms with Crippen LogP contribution in [0.15, 0.2) is 30.6 Å². The van der Waals surface area contributed by atoms with Crippen LogP contribution in [-0.2, 0) is 13.0 Å². The van der Waals surface area contributed by atoms with Gasteiger partial charge in [0.25, 0.3) is 0 Å². The summed E-state index contributed by atoms with van der Waals surface area (Å²) in [6, 6.07) is 8.00. The average molecular weight is 244 g/mol. The van der Waals surface area contributed by atoms with Gasteiger partial charge in [-0.3, -0.25) is 0 Å². The third-order valence-electron chi connectivity index (χ3n) is 3.07. The lowest BCUT2D eigenvalue weighted by molar-refractivity contribution is 0.203. The summed E-state index contributed by atoms with van der Waals surface area (Å²) in [6.07, 6.45) is 2.76. The fourth-order valence-corrected chi connectivity index (χ4v) is 2.17. The molecule has 2 unspecified atom stereocenters. The van der Waals surface area contributed by atoms with Gasteiger partial charge in [0.2, 0.25) is 0 Å². The smallest absolute Gasteiger partial charge is 0.166 e. The molecule has 1 aromatic carbocycles. The van der Waals surface area contributed by atoms with Crippen molar-refractivity contribution < 1.29 is 4.74 Å². The summed E-state index contributed by atoms with van der Waals surface area (Å²) in [5.74, 6) is 1.65. The summed E-state index contributed by atoms with van der Waals surface area (Å²) in [6.45, 7) is 2.58. The minimum atomic E-state index is -0.132. The van der Waals surface area contributed by atoms with E-state index in [-0.39, 0.29) is 12.1 Å². The maximum absolute atomic E-state index is 5.86. The van der Waals surface area contributed by atoms with Crippen molar-refractivity contribution in [2.75, 3.05) is 0 Å². The Balaban J connectivity index is 1.68. The topological polar surface area (TPSA) is 66.0 Å². The number of hydrogen-bond donors (Lipinski definition) is 1. The zero-order valence-corrected chi connectivity index (χ0v) is 10.3. The predicted octanol–water partition coefficient (Wildman–Crippen LogP) is 1.30. The monoisotopic (exact) mass is 244 g/mol. The molecule has 18 heavy (non-hydrogen) atoms. The molecule has 1 aliphatic rings. The van der Waals surface area contributed by atoms with Crippen LogP contribution in [0.25, 0.3) is 0 Å². The lowest BCUT2D eigenvalue weighted by Gasteiger charge is -2.09. The third kappa shape index (κ3) is 2.09. The lowest BCUT2D eigenvalue weighted by Crippen LogP contribution is -2.21. The quantitative estimate of drug-likeness (QED) is 0.883. The van der Waals surface area contributed by atoms with Crippen molar-refractivity contribution in [2.24, 2.45) is 5.73 Å². The highest BCUT2D eigenvalue weighted by molar-refractivity contribution is 5.37. The second-order valence-corrected chi connectivity index (χ2v) is 4.67. The number of hydrogen-bond acceptors (Lipinski definition) is 4. The van der Waals surface area contributed by atoms with Crippen LogP contribution in [0, 0.1) is 0 Å². The van der Waals surface area contributed by atoms with Crippen LogP contribution in [0.2, 0.25) is 0 Å². The molecule has 1 aromatic heterocycles. The van der Waals surface area contributed by atoms with Gasteiger partial charge in [0.15, 0.2) is 5.82 Å². The molecule has 0 fully saturated rings.